The van der Waals surface area contributed by atoms with Crippen molar-refractivity contribution in [2.75, 3.05) is 20.3 Å². The topological polar surface area (TPSA) is 55.8 Å². The zero-order valence-electron chi connectivity index (χ0n) is 16.0. The average Bonchev–Trinajstić information content (AvgIpc) is 2.96. The van der Waals surface area contributed by atoms with Gasteiger partial charge in [0.05, 0.1) is 12.0 Å². The monoisotopic (exact) mass is 761 g/mol. The summed E-state index contributed by atoms with van der Waals surface area (Å²) in [5.41, 5.74) is 1.97. The molecule has 0 spiro atoms. The highest BCUT2D eigenvalue weighted by Gasteiger charge is 2.34. The number of thioether (sulfide) groups is 1. The highest BCUT2D eigenvalue weighted by molar-refractivity contribution is 14.1. The summed E-state index contributed by atoms with van der Waals surface area (Å²) < 4.78 is 14.1. The van der Waals surface area contributed by atoms with Gasteiger partial charge in [0.1, 0.15) is 12.4 Å². The lowest BCUT2D eigenvalue weighted by atomic mass is 10.2. The predicted molar refractivity (Wildman–Crippen MR) is 145 cm³/mol. The molecule has 2 aromatic rings. The number of carbonyl (C=O) groups excluding carboxylic acids is 2. The Hall–Kier alpha value is -0.380. The number of ether oxygens (including phenoxy) is 2. The van der Waals surface area contributed by atoms with Crippen molar-refractivity contribution >= 4 is 96.8 Å². The van der Waals surface area contributed by atoms with E-state index in [-0.39, 0.29) is 11.1 Å². The normalized spacial score (nSPS) is 15.3. The number of amides is 2. The Bertz CT molecular complexity index is 956. The molecule has 2 aromatic carbocycles. The molecule has 0 saturated carbocycles. The summed E-state index contributed by atoms with van der Waals surface area (Å²) in [6.45, 7) is 1.37. The summed E-state index contributed by atoms with van der Waals surface area (Å²) >= 11 is 7.74. The maximum absolute atomic E-state index is 12.6. The minimum absolute atomic E-state index is 0.232. The summed E-state index contributed by atoms with van der Waals surface area (Å²) in [4.78, 5) is 26.5. The molecule has 1 fully saturated rings. The molecule has 1 heterocycles. The molecule has 0 N–H and O–H groups in total. The molecule has 2 amide bonds. The molecule has 0 aliphatic carbocycles. The lowest BCUT2D eigenvalue weighted by molar-refractivity contribution is -0.122. The predicted octanol–water partition coefficient (Wildman–Crippen LogP) is 6.15. The molecule has 9 heteroatoms. The third-order valence-corrected chi connectivity index (χ3v) is 7.45. The van der Waals surface area contributed by atoms with Crippen LogP contribution in [0.4, 0.5) is 4.79 Å². The lowest BCUT2D eigenvalue weighted by Gasteiger charge is -2.12. The maximum Gasteiger partial charge on any atom is 0.293 e. The number of hydrogen-bond acceptors (Lipinski definition) is 5. The zero-order valence-corrected chi connectivity index (χ0v) is 23.3. The first-order valence-corrected chi connectivity index (χ1v) is 13.0. The van der Waals surface area contributed by atoms with Gasteiger partial charge < -0.3 is 9.47 Å². The Morgan fingerprint density at radius 1 is 1.07 bits per heavy atom. The second-order valence-corrected chi connectivity index (χ2v) is 11.0. The number of benzene rings is 2. The van der Waals surface area contributed by atoms with E-state index >= 15 is 0 Å². The SMILES string of the molecule is COCCCN1C(=O)S/C(=C/c2cc(I)c(OCc3ccc(I)cc3)c(I)c2)C1=O. The van der Waals surface area contributed by atoms with Crippen LogP contribution in [-0.2, 0) is 16.1 Å². The van der Waals surface area contributed by atoms with E-state index in [0.29, 0.717) is 31.1 Å². The first kappa shape index (κ1) is 24.3. The van der Waals surface area contributed by atoms with Crippen LogP contribution in [0, 0.1) is 10.7 Å². The van der Waals surface area contributed by atoms with E-state index in [0.717, 1.165) is 35.8 Å². The summed E-state index contributed by atoms with van der Waals surface area (Å²) in [5, 5.41) is -0.232. The molecule has 0 bridgehead atoms. The molecule has 1 saturated heterocycles. The minimum atomic E-state index is -0.245. The number of methoxy groups -OCH3 is 1. The Labute approximate surface area is 220 Å². The summed E-state index contributed by atoms with van der Waals surface area (Å²) in [5.74, 6) is 0.574. The molecule has 30 heavy (non-hydrogen) atoms. The Kier molecular flexibility index (Phi) is 9.28. The third kappa shape index (κ3) is 6.33. The van der Waals surface area contributed by atoms with E-state index in [9.17, 15) is 9.59 Å². The van der Waals surface area contributed by atoms with E-state index in [4.69, 9.17) is 9.47 Å². The largest absolute Gasteiger partial charge is 0.487 e. The minimum Gasteiger partial charge on any atom is -0.487 e. The number of halogens is 3. The summed E-state index contributed by atoms with van der Waals surface area (Å²) in [7, 11) is 1.60. The highest BCUT2D eigenvalue weighted by atomic mass is 127. The molecule has 1 aliphatic heterocycles. The fourth-order valence-corrected chi connectivity index (χ4v) is 6.10. The average molecular weight is 761 g/mol. The second kappa shape index (κ2) is 11.5. The van der Waals surface area contributed by atoms with Crippen molar-refractivity contribution in [3.05, 3.63) is 63.1 Å². The van der Waals surface area contributed by atoms with Gasteiger partial charge in [-0.25, -0.2) is 0 Å². The fraction of sp³-hybridized carbons (Fsp3) is 0.238. The van der Waals surface area contributed by atoms with Gasteiger partial charge in [-0.1, -0.05) is 12.1 Å². The van der Waals surface area contributed by atoms with Crippen LogP contribution in [0.1, 0.15) is 17.5 Å². The van der Waals surface area contributed by atoms with Crippen LogP contribution < -0.4 is 4.74 Å². The van der Waals surface area contributed by atoms with E-state index in [1.54, 1.807) is 13.2 Å². The van der Waals surface area contributed by atoms with Crippen LogP contribution in [0.5, 0.6) is 5.75 Å². The molecule has 158 valence electrons. The van der Waals surface area contributed by atoms with Crippen molar-refractivity contribution in [2.45, 2.75) is 13.0 Å². The molecular formula is C21H18I3NO4S. The standard InChI is InChI=1S/C21H18I3NO4S/c1-28-8-2-7-25-20(26)18(30-21(25)27)11-14-9-16(23)19(17(24)10-14)29-12-13-3-5-15(22)6-4-13/h3-6,9-11H,2,7-8,12H2,1H3/b18-11+. The number of carbonyl (C=O) groups is 2. The Balaban J connectivity index is 1.72. The molecule has 0 radical (unpaired) electrons. The molecule has 0 unspecified atom stereocenters. The van der Waals surface area contributed by atoms with Gasteiger partial charge >= 0.3 is 0 Å². The van der Waals surface area contributed by atoms with Crippen molar-refractivity contribution in [1.29, 1.82) is 0 Å². The molecule has 1 aliphatic rings. The first-order valence-electron chi connectivity index (χ1n) is 8.99. The van der Waals surface area contributed by atoms with E-state index in [1.165, 1.54) is 8.47 Å². The Morgan fingerprint density at radius 2 is 1.73 bits per heavy atom. The van der Waals surface area contributed by atoms with Crippen molar-refractivity contribution in [3.8, 4) is 5.75 Å². The lowest BCUT2D eigenvalue weighted by Crippen LogP contribution is -2.29. The van der Waals surface area contributed by atoms with Crippen LogP contribution >= 0.6 is 79.5 Å². The molecular weight excluding hydrogens is 743 g/mol. The van der Waals surface area contributed by atoms with Crippen molar-refractivity contribution in [2.24, 2.45) is 0 Å². The van der Waals surface area contributed by atoms with Crippen molar-refractivity contribution < 1.29 is 19.1 Å². The molecule has 5 nitrogen and oxygen atoms in total. The van der Waals surface area contributed by atoms with Gasteiger partial charge in [-0.3, -0.25) is 14.5 Å². The van der Waals surface area contributed by atoms with Gasteiger partial charge in [-0.15, -0.1) is 0 Å². The van der Waals surface area contributed by atoms with Gasteiger partial charge in [0.15, 0.2) is 0 Å². The molecule has 0 atom stereocenters. The van der Waals surface area contributed by atoms with Crippen LogP contribution in [0.25, 0.3) is 6.08 Å². The molecule has 3 rings (SSSR count). The first-order chi connectivity index (χ1) is 14.4. The highest BCUT2D eigenvalue weighted by Crippen LogP contribution is 2.35. The maximum atomic E-state index is 12.6. The zero-order chi connectivity index (χ0) is 21.7. The van der Waals surface area contributed by atoms with Crippen LogP contribution in [0.3, 0.4) is 0 Å². The van der Waals surface area contributed by atoms with Gasteiger partial charge in [0.25, 0.3) is 11.1 Å². The number of hydrogen-bond donors (Lipinski definition) is 0. The van der Waals surface area contributed by atoms with Crippen molar-refractivity contribution in [3.63, 3.8) is 0 Å². The van der Waals surface area contributed by atoms with Gasteiger partial charge in [-0.2, -0.15) is 0 Å². The van der Waals surface area contributed by atoms with E-state index in [2.05, 4.69) is 92.0 Å². The third-order valence-electron chi connectivity index (χ3n) is 4.22. The number of rotatable bonds is 8. The van der Waals surface area contributed by atoms with Crippen LogP contribution in [0.15, 0.2) is 41.3 Å². The van der Waals surface area contributed by atoms with Gasteiger partial charge in [-0.05, 0) is 127 Å². The summed E-state index contributed by atoms with van der Waals surface area (Å²) in [6, 6.07) is 12.1. The van der Waals surface area contributed by atoms with Crippen LogP contribution in [0.2, 0.25) is 0 Å². The van der Waals surface area contributed by atoms with Crippen molar-refractivity contribution in [1.82, 2.24) is 4.90 Å². The number of imide groups is 1. The van der Waals surface area contributed by atoms with Gasteiger partial charge in [0, 0.05) is 23.8 Å². The Morgan fingerprint density at radius 3 is 2.37 bits per heavy atom. The van der Waals surface area contributed by atoms with Gasteiger partial charge in [0.2, 0.25) is 0 Å². The van der Waals surface area contributed by atoms with E-state index < -0.39 is 0 Å². The number of nitrogens with zero attached hydrogens (tertiary/aromatic N) is 1. The smallest absolute Gasteiger partial charge is 0.293 e. The summed E-state index contributed by atoms with van der Waals surface area (Å²) in [6.07, 6.45) is 2.40. The van der Waals surface area contributed by atoms with E-state index in [1.807, 2.05) is 12.1 Å². The quantitative estimate of drug-likeness (QED) is 0.184. The fourth-order valence-electron chi connectivity index (χ4n) is 2.75. The van der Waals surface area contributed by atoms with Crippen LogP contribution in [-0.4, -0.2) is 36.3 Å². The second-order valence-electron chi connectivity index (χ2n) is 6.41. The molecule has 0 aromatic heterocycles.